The molecule has 1 aromatic rings. The summed E-state index contributed by atoms with van der Waals surface area (Å²) in [6, 6.07) is 5.97. The lowest BCUT2D eigenvalue weighted by atomic mass is 9.96. The lowest BCUT2D eigenvalue weighted by Gasteiger charge is -2.31. The van der Waals surface area contributed by atoms with Gasteiger partial charge in [-0.3, -0.25) is 0 Å². The van der Waals surface area contributed by atoms with E-state index in [0.29, 0.717) is 25.6 Å². The Balaban J connectivity index is 0.00000264. The Labute approximate surface area is 143 Å². The Kier molecular flexibility index (Phi) is 7.47. The summed E-state index contributed by atoms with van der Waals surface area (Å²) in [5.41, 5.74) is 5.81. The van der Waals surface area contributed by atoms with Crippen LogP contribution in [0.4, 0.5) is 0 Å². The largest absolute Gasteiger partial charge is 0.465 e. The Morgan fingerprint density at radius 2 is 2.17 bits per heavy atom. The molecule has 1 unspecified atom stereocenters. The van der Waals surface area contributed by atoms with Crippen LogP contribution in [0.15, 0.2) is 29.2 Å². The highest BCUT2D eigenvalue weighted by atomic mass is 35.5. The van der Waals surface area contributed by atoms with Gasteiger partial charge >= 0.3 is 5.97 Å². The second-order valence-electron chi connectivity index (χ2n) is 5.47. The van der Waals surface area contributed by atoms with Gasteiger partial charge in [-0.25, -0.2) is 13.2 Å². The molecule has 6 nitrogen and oxygen atoms in total. The second kappa shape index (κ2) is 8.63. The number of nitrogens with zero attached hydrogens (tertiary/aromatic N) is 1. The number of piperidine rings is 1. The second-order valence-corrected chi connectivity index (χ2v) is 7.41. The lowest BCUT2D eigenvalue weighted by molar-refractivity contribution is 0.0600. The minimum atomic E-state index is -3.59. The maximum atomic E-state index is 12.7. The van der Waals surface area contributed by atoms with Crippen molar-refractivity contribution in [2.24, 2.45) is 11.7 Å². The first-order valence-electron chi connectivity index (χ1n) is 7.37. The highest BCUT2D eigenvalue weighted by molar-refractivity contribution is 7.89. The molecule has 0 aliphatic carbocycles. The Bertz CT molecular complexity index is 634. The predicted molar refractivity (Wildman–Crippen MR) is 90.2 cm³/mol. The van der Waals surface area contributed by atoms with Gasteiger partial charge in [0.15, 0.2) is 0 Å². The van der Waals surface area contributed by atoms with Gasteiger partial charge in [0.05, 0.1) is 17.6 Å². The SMILES string of the molecule is COC(=O)c1cccc(S(=O)(=O)N2CCCC(CCN)C2)c1.Cl. The molecule has 0 bridgehead atoms. The first-order valence-corrected chi connectivity index (χ1v) is 8.81. The lowest BCUT2D eigenvalue weighted by Crippen LogP contribution is -2.40. The topological polar surface area (TPSA) is 89.7 Å². The van der Waals surface area contributed by atoms with Gasteiger partial charge in [0.1, 0.15) is 0 Å². The normalized spacial score (nSPS) is 19.0. The van der Waals surface area contributed by atoms with Gasteiger partial charge in [0.25, 0.3) is 0 Å². The summed E-state index contributed by atoms with van der Waals surface area (Å²) < 4.78 is 31.6. The average molecular weight is 363 g/mol. The van der Waals surface area contributed by atoms with Crippen LogP contribution < -0.4 is 5.73 Å². The molecule has 1 aliphatic heterocycles. The van der Waals surface area contributed by atoms with Crippen LogP contribution >= 0.6 is 12.4 Å². The van der Waals surface area contributed by atoms with Gasteiger partial charge in [-0.15, -0.1) is 12.4 Å². The van der Waals surface area contributed by atoms with Gasteiger partial charge < -0.3 is 10.5 Å². The van der Waals surface area contributed by atoms with Crippen molar-refractivity contribution in [2.45, 2.75) is 24.2 Å². The molecule has 0 amide bonds. The molecule has 0 spiro atoms. The van der Waals surface area contributed by atoms with Crippen molar-refractivity contribution in [3.8, 4) is 0 Å². The van der Waals surface area contributed by atoms with Crippen LogP contribution in [0, 0.1) is 5.92 Å². The molecule has 1 saturated heterocycles. The zero-order valence-electron chi connectivity index (χ0n) is 13.1. The van der Waals surface area contributed by atoms with Crippen molar-refractivity contribution < 1.29 is 17.9 Å². The monoisotopic (exact) mass is 362 g/mol. The van der Waals surface area contributed by atoms with Crippen molar-refractivity contribution in [3.63, 3.8) is 0 Å². The molecule has 1 aliphatic rings. The van der Waals surface area contributed by atoms with Crippen molar-refractivity contribution >= 4 is 28.4 Å². The van der Waals surface area contributed by atoms with Gasteiger partial charge in [-0.05, 0) is 49.9 Å². The van der Waals surface area contributed by atoms with E-state index in [0.717, 1.165) is 19.3 Å². The highest BCUT2D eigenvalue weighted by Gasteiger charge is 2.30. The van der Waals surface area contributed by atoms with Crippen LogP contribution in [0.5, 0.6) is 0 Å². The number of carbonyl (C=O) groups excluding carboxylic acids is 1. The molecule has 2 N–H and O–H groups in total. The van der Waals surface area contributed by atoms with Crippen LogP contribution in [-0.4, -0.2) is 45.4 Å². The van der Waals surface area contributed by atoms with E-state index >= 15 is 0 Å². The molecule has 1 fully saturated rings. The van der Waals surface area contributed by atoms with Crippen molar-refractivity contribution in [2.75, 3.05) is 26.7 Å². The highest BCUT2D eigenvalue weighted by Crippen LogP contribution is 2.25. The Morgan fingerprint density at radius 3 is 2.83 bits per heavy atom. The fourth-order valence-corrected chi connectivity index (χ4v) is 4.37. The van der Waals surface area contributed by atoms with E-state index in [1.165, 1.54) is 29.6 Å². The molecule has 130 valence electrons. The third-order valence-corrected chi connectivity index (χ3v) is 5.81. The average Bonchev–Trinajstić information content (AvgIpc) is 2.55. The fraction of sp³-hybridized carbons (Fsp3) is 0.533. The molecule has 1 heterocycles. The third-order valence-electron chi connectivity index (χ3n) is 3.95. The maximum absolute atomic E-state index is 12.7. The number of esters is 1. The van der Waals surface area contributed by atoms with E-state index in [1.807, 2.05) is 0 Å². The molecule has 8 heteroatoms. The number of ether oxygens (including phenoxy) is 1. The van der Waals surface area contributed by atoms with Crippen LogP contribution in [-0.2, 0) is 14.8 Å². The molecule has 23 heavy (non-hydrogen) atoms. The summed E-state index contributed by atoms with van der Waals surface area (Å²) in [6.07, 6.45) is 2.67. The number of sulfonamides is 1. The molecule has 2 rings (SSSR count). The molecule has 1 atom stereocenters. The Hall–Kier alpha value is -1.15. The quantitative estimate of drug-likeness (QED) is 0.804. The van der Waals surface area contributed by atoms with E-state index < -0.39 is 16.0 Å². The summed E-state index contributed by atoms with van der Waals surface area (Å²) >= 11 is 0. The van der Waals surface area contributed by atoms with Gasteiger partial charge in [-0.2, -0.15) is 4.31 Å². The summed E-state index contributed by atoms with van der Waals surface area (Å²) in [6.45, 7) is 1.56. The fourth-order valence-electron chi connectivity index (χ4n) is 2.77. The molecule has 0 radical (unpaired) electrons. The first-order chi connectivity index (χ1) is 10.5. The first kappa shape index (κ1) is 19.9. The molecule has 0 saturated carbocycles. The molecular formula is C15H23ClN2O4S. The number of nitrogens with two attached hydrogens (primary N) is 1. The van der Waals surface area contributed by atoms with E-state index in [1.54, 1.807) is 6.07 Å². The predicted octanol–water partition coefficient (Wildman–Crippen LogP) is 1.64. The summed E-state index contributed by atoms with van der Waals surface area (Å²) in [4.78, 5) is 11.7. The zero-order valence-corrected chi connectivity index (χ0v) is 14.7. The number of benzene rings is 1. The number of hydrogen-bond donors (Lipinski definition) is 1. The van der Waals surface area contributed by atoms with E-state index in [2.05, 4.69) is 4.74 Å². The number of hydrogen-bond acceptors (Lipinski definition) is 5. The van der Waals surface area contributed by atoms with Crippen molar-refractivity contribution in [3.05, 3.63) is 29.8 Å². The summed E-state index contributed by atoms with van der Waals surface area (Å²) in [7, 11) is -2.32. The van der Waals surface area contributed by atoms with Gasteiger partial charge in [0, 0.05) is 13.1 Å². The van der Waals surface area contributed by atoms with Gasteiger partial charge in [0.2, 0.25) is 10.0 Å². The molecule has 1 aromatic carbocycles. The van der Waals surface area contributed by atoms with E-state index in [9.17, 15) is 13.2 Å². The minimum absolute atomic E-state index is 0. The van der Waals surface area contributed by atoms with E-state index in [4.69, 9.17) is 5.73 Å². The maximum Gasteiger partial charge on any atom is 0.337 e. The standard InChI is InChI=1S/C15H22N2O4S.ClH/c1-21-15(18)13-5-2-6-14(10-13)22(19,20)17-9-3-4-12(11-17)7-8-16;/h2,5-6,10,12H,3-4,7-9,11,16H2,1H3;1H. The molecular weight excluding hydrogens is 340 g/mol. The van der Waals surface area contributed by atoms with Gasteiger partial charge in [-0.1, -0.05) is 6.07 Å². The van der Waals surface area contributed by atoms with E-state index in [-0.39, 0.29) is 22.9 Å². The van der Waals surface area contributed by atoms with Crippen molar-refractivity contribution in [1.82, 2.24) is 4.31 Å². The minimum Gasteiger partial charge on any atom is -0.465 e. The number of carbonyl (C=O) groups is 1. The Morgan fingerprint density at radius 1 is 1.43 bits per heavy atom. The van der Waals surface area contributed by atoms with Crippen molar-refractivity contribution in [1.29, 1.82) is 0 Å². The zero-order chi connectivity index (χ0) is 16.2. The number of rotatable bonds is 5. The summed E-state index contributed by atoms with van der Waals surface area (Å²) in [5, 5.41) is 0. The number of methoxy groups -OCH3 is 1. The van der Waals surface area contributed by atoms with Crippen LogP contribution in [0.3, 0.4) is 0 Å². The van der Waals surface area contributed by atoms with Crippen LogP contribution in [0.25, 0.3) is 0 Å². The van der Waals surface area contributed by atoms with Crippen LogP contribution in [0.2, 0.25) is 0 Å². The third kappa shape index (κ3) is 4.67. The van der Waals surface area contributed by atoms with Crippen LogP contribution in [0.1, 0.15) is 29.6 Å². The smallest absolute Gasteiger partial charge is 0.337 e. The summed E-state index contributed by atoms with van der Waals surface area (Å²) in [5.74, 6) is -0.242. The molecule has 0 aromatic heterocycles. The number of halogens is 1.